The Labute approximate surface area is 212 Å². The molecule has 0 radical (unpaired) electrons. The highest BCUT2D eigenvalue weighted by molar-refractivity contribution is 7.16. The number of halogens is 3. The number of hydrogen-bond acceptors (Lipinski definition) is 7. The van der Waals surface area contributed by atoms with Crippen LogP contribution >= 0.6 is 23.7 Å². The monoisotopic (exact) mass is 515 g/mol. The Morgan fingerprint density at radius 2 is 1.89 bits per heavy atom. The van der Waals surface area contributed by atoms with E-state index >= 15 is 4.39 Å². The van der Waals surface area contributed by atoms with Crippen molar-refractivity contribution in [1.82, 2.24) is 20.1 Å². The van der Waals surface area contributed by atoms with Gasteiger partial charge in [0.15, 0.2) is 10.9 Å². The molecule has 2 aromatic heterocycles. The fourth-order valence-electron chi connectivity index (χ4n) is 4.27. The molecule has 182 valence electrons. The Balaban J connectivity index is 0.00000289. The predicted octanol–water partition coefficient (Wildman–Crippen LogP) is 4.93. The van der Waals surface area contributed by atoms with E-state index in [0.717, 1.165) is 31.9 Å². The molecule has 0 amide bonds. The van der Waals surface area contributed by atoms with Crippen LogP contribution in [0, 0.1) is 23.0 Å². The average molecular weight is 516 g/mol. The normalized spacial score (nSPS) is 13.5. The summed E-state index contributed by atoms with van der Waals surface area (Å²) in [7, 11) is 1.84. The van der Waals surface area contributed by atoms with Crippen LogP contribution in [0.25, 0.3) is 22.2 Å². The van der Waals surface area contributed by atoms with Crippen molar-refractivity contribution in [2.24, 2.45) is 0 Å². The zero-order valence-electron chi connectivity index (χ0n) is 19.3. The van der Waals surface area contributed by atoms with Gasteiger partial charge < -0.3 is 15.1 Å². The minimum Gasteiger partial charge on any atom is -0.369 e. The van der Waals surface area contributed by atoms with Crippen LogP contribution in [0.1, 0.15) is 11.8 Å². The van der Waals surface area contributed by atoms with Crippen LogP contribution in [0.15, 0.2) is 36.4 Å². The number of benzene rings is 2. The lowest BCUT2D eigenvalue weighted by Crippen LogP contribution is -2.43. The summed E-state index contributed by atoms with van der Waals surface area (Å²) >= 11 is 1.24. The van der Waals surface area contributed by atoms with Crippen LogP contribution < -0.4 is 15.1 Å². The smallest absolute Gasteiger partial charge is 0.192 e. The molecule has 7 nitrogen and oxygen atoms in total. The highest BCUT2D eigenvalue weighted by atomic mass is 35.5. The van der Waals surface area contributed by atoms with E-state index in [1.165, 1.54) is 23.5 Å². The van der Waals surface area contributed by atoms with Gasteiger partial charge in [-0.25, -0.2) is 18.4 Å². The molecule has 0 atom stereocenters. The van der Waals surface area contributed by atoms with E-state index < -0.39 is 0 Å². The SMILES string of the molecule is CCn1nc2c(F)cc(N3CCNCC3)cc2c1N(C)c1nc(-c2ccc(F)cc2)c(C#N)s1.Cl. The maximum Gasteiger partial charge on any atom is 0.192 e. The van der Waals surface area contributed by atoms with Crippen molar-refractivity contribution in [2.45, 2.75) is 13.5 Å². The highest BCUT2D eigenvalue weighted by Gasteiger charge is 2.24. The molecule has 1 aliphatic rings. The number of thiazole rings is 1. The number of aryl methyl sites for hydroxylation is 1. The largest absolute Gasteiger partial charge is 0.369 e. The van der Waals surface area contributed by atoms with Crippen molar-refractivity contribution in [2.75, 3.05) is 43.0 Å². The third-order valence-corrected chi connectivity index (χ3v) is 7.01. The van der Waals surface area contributed by atoms with Gasteiger partial charge >= 0.3 is 0 Å². The van der Waals surface area contributed by atoms with Crippen LogP contribution in [0.2, 0.25) is 0 Å². The first kappa shape index (κ1) is 24.9. The minimum atomic E-state index is -0.364. The summed E-state index contributed by atoms with van der Waals surface area (Å²) in [6.45, 7) is 5.79. The van der Waals surface area contributed by atoms with Crippen molar-refractivity contribution in [3.63, 3.8) is 0 Å². The fourth-order valence-corrected chi connectivity index (χ4v) is 5.11. The molecule has 0 bridgehead atoms. The highest BCUT2D eigenvalue weighted by Crippen LogP contribution is 2.39. The molecular formula is C24H24ClF2N7S. The van der Waals surface area contributed by atoms with Gasteiger partial charge in [0.2, 0.25) is 0 Å². The van der Waals surface area contributed by atoms with E-state index in [9.17, 15) is 9.65 Å². The van der Waals surface area contributed by atoms with Crippen molar-refractivity contribution in [3.05, 3.63) is 52.9 Å². The fraction of sp³-hybridized carbons (Fsp3) is 0.292. The molecule has 1 fully saturated rings. The van der Waals surface area contributed by atoms with Gasteiger partial charge in [-0.2, -0.15) is 10.4 Å². The van der Waals surface area contributed by atoms with Crippen LogP contribution in [-0.4, -0.2) is 48.0 Å². The summed E-state index contributed by atoms with van der Waals surface area (Å²) < 4.78 is 30.3. The van der Waals surface area contributed by atoms with Crippen molar-refractivity contribution in [3.8, 4) is 17.3 Å². The standard InChI is InChI=1S/C24H23F2N7S.ClH/c1-3-33-23(18-12-17(13-19(26)22(18)30-33)32-10-8-28-9-11-32)31(2)24-29-21(20(14-27)34-24)15-4-6-16(25)7-5-15;/h4-7,12-13,28H,3,8-11H2,1-2H3;1H. The van der Waals surface area contributed by atoms with E-state index in [0.29, 0.717) is 44.5 Å². The first-order valence-electron chi connectivity index (χ1n) is 11.1. The Hall–Kier alpha value is -3.26. The molecule has 3 heterocycles. The second-order valence-corrected chi connectivity index (χ2v) is 9.03. The molecule has 0 aliphatic carbocycles. The predicted molar refractivity (Wildman–Crippen MR) is 138 cm³/mol. The Bertz CT molecular complexity index is 1390. The summed E-state index contributed by atoms with van der Waals surface area (Å²) in [6, 6.07) is 11.6. The number of aromatic nitrogens is 3. The maximum atomic E-state index is 15.2. The number of nitriles is 1. The molecule has 0 saturated carbocycles. The van der Waals surface area contributed by atoms with Crippen LogP contribution in [0.3, 0.4) is 0 Å². The lowest BCUT2D eigenvalue weighted by atomic mass is 10.1. The number of rotatable bonds is 5. The zero-order chi connectivity index (χ0) is 23.8. The Kier molecular flexibility index (Phi) is 7.21. The number of piperazine rings is 1. The van der Waals surface area contributed by atoms with Gasteiger partial charge in [0.25, 0.3) is 0 Å². The van der Waals surface area contributed by atoms with E-state index in [1.54, 1.807) is 22.9 Å². The first-order valence-corrected chi connectivity index (χ1v) is 11.9. The second-order valence-electron chi connectivity index (χ2n) is 8.05. The summed E-state index contributed by atoms with van der Waals surface area (Å²) in [5.41, 5.74) is 2.28. The van der Waals surface area contributed by atoms with Gasteiger partial charge in [0.1, 0.15) is 33.8 Å². The minimum absolute atomic E-state index is 0. The second kappa shape index (κ2) is 10.2. The van der Waals surface area contributed by atoms with Crippen molar-refractivity contribution in [1.29, 1.82) is 5.26 Å². The number of nitrogens with zero attached hydrogens (tertiary/aromatic N) is 6. The van der Waals surface area contributed by atoms with E-state index in [4.69, 9.17) is 4.98 Å². The third-order valence-electron chi connectivity index (χ3n) is 5.98. The molecule has 1 saturated heterocycles. The molecule has 1 N–H and O–H groups in total. The van der Waals surface area contributed by atoms with Gasteiger partial charge in [0, 0.05) is 56.4 Å². The van der Waals surface area contributed by atoms with Gasteiger partial charge in [-0.3, -0.25) is 0 Å². The summed E-state index contributed by atoms with van der Waals surface area (Å²) in [5, 5.41) is 18.8. The lowest BCUT2D eigenvalue weighted by molar-refractivity contribution is 0.585. The topological polar surface area (TPSA) is 73.0 Å². The lowest BCUT2D eigenvalue weighted by Gasteiger charge is -2.29. The zero-order valence-corrected chi connectivity index (χ0v) is 20.9. The van der Waals surface area contributed by atoms with Crippen molar-refractivity contribution >= 4 is 51.3 Å². The number of anilines is 3. The molecule has 11 heteroatoms. The molecule has 2 aromatic carbocycles. The summed E-state index contributed by atoms with van der Waals surface area (Å²) in [6.07, 6.45) is 0. The molecule has 0 spiro atoms. The summed E-state index contributed by atoms with van der Waals surface area (Å²) in [4.78, 5) is 9.13. The van der Waals surface area contributed by atoms with E-state index in [2.05, 4.69) is 21.4 Å². The van der Waals surface area contributed by atoms with Gasteiger partial charge in [0.05, 0.1) is 0 Å². The Morgan fingerprint density at radius 1 is 1.17 bits per heavy atom. The van der Waals surface area contributed by atoms with E-state index in [1.807, 2.05) is 24.9 Å². The van der Waals surface area contributed by atoms with Gasteiger partial charge in [-0.05, 0) is 43.3 Å². The van der Waals surface area contributed by atoms with Crippen LogP contribution in [-0.2, 0) is 6.54 Å². The molecule has 35 heavy (non-hydrogen) atoms. The molecule has 0 unspecified atom stereocenters. The maximum absolute atomic E-state index is 15.2. The Morgan fingerprint density at radius 3 is 2.54 bits per heavy atom. The molecular weight excluding hydrogens is 492 g/mol. The third kappa shape index (κ3) is 4.55. The number of nitrogens with one attached hydrogen (secondary N) is 1. The van der Waals surface area contributed by atoms with Crippen LogP contribution in [0.5, 0.6) is 0 Å². The van der Waals surface area contributed by atoms with Gasteiger partial charge in [-0.1, -0.05) is 11.3 Å². The molecule has 5 rings (SSSR count). The van der Waals surface area contributed by atoms with Crippen LogP contribution in [0.4, 0.5) is 25.4 Å². The number of fused-ring (bicyclic) bond motifs is 1. The quantitative estimate of drug-likeness (QED) is 0.406. The first-order chi connectivity index (χ1) is 16.5. The molecule has 1 aliphatic heterocycles. The summed E-state index contributed by atoms with van der Waals surface area (Å²) in [5.74, 6) is -0.00974. The van der Waals surface area contributed by atoms with Crippen molar-refractivity contribution < 1.29 is 8.78 Å². The van der Waals surface area contributed by atoms with E-state index in [-0.39, 0.29) is 24.0 Å². The number of hydrogen-bond donors (Lipinski definition) is 1. The average Bonchev–Trinajstić information content (AvgIpc) is 3.46. The van der Waals surface area contributed by atoms with Gasteiger partial charge in [-0.15, -0.1) is 12.4 Å². The molecule has 4 aromatic rings.